The molecule has 1 atom stereocenters. The lowest BCUT2D eigenvalue weighted by Crippen LogP contribution is -2.47. The highest BCUT2D eigenvalue weighted by Crippen LogP contribution is 2.38. The fourth-order valence-electron chi connectivity index (χ4n) is 4.40. The Labute approximate surface area is 155 Å². The van der Waals surface area contributed by atoms with Crippen LogP contribution < -0.4 is 5.56 Å². The van der Waals surface area contributed by atoms with Gasteiger partial charge in [0.15, 0.2) is 0 Å². The van der Waals surface area contributed by atoms with Crippen molar-refractivity contribution in [2.24, 2.45) is 11.8 Å². The van der Waals surface area contributed by atoms with Gasteiger partial charge in [-0.25, -0.2) is 4.68 Å². The number of nitrogens with zero attached hydrogens (tertiary/aromatic N) is 4. The predicted octanol–water partition coefficient (Wildman–Crippen LogP) is 1.70. The number of piperidine rings is 2. The van der Waals surface area contributed by atoms with Gasteiger partial charge >= 0.3 is 0 Å². The maximum atomic E-state index is 12.8. The Kier molecular flexibility index (Phi) is 5.11. The van der Waals surface area contributed by atoms with Gasteiger partial charge in [-0.05, 0) is 64.1 Å². The molecule has 6 nitrogen and oxygen atoms in total. The standard InChI is InChI=1S/C20H30N4O2/c1-22-10-2-3-17(14-22)20(26)23-11-8-15(9-12-23)13-24-19(25)7-6-18(21-24)16-4-5-16/h6-7,15-17H,2-5,8-14H2,1H3. The molecule has 1 aliphatic carbocycles. The van der Waals surface area contributed by atoms with E-state index >= 15 is 0 Å². The molecule has 26 heavy (non-hydrogen) atoms. The zero-order valence-corrected chi connectivity index (χ0v) is 15.8. The molecule has 0 radical (unpaired) electrons. The first-order chi connectivity index (χ1) is 12.6. The summed E-state index contributed by atoms with van der Waals surface area (Å²) in [7, 11) is 2.10. The van der Waals surface area contributed by atoms with E-state index < -0.39 is 0 Å². The summed E-state index contributed by atoms with van der Waals surface area (Å²) in [5.74, 6) is 1.51. The van der Waals surface area contributed by atoms with Crippen molar-refractivity contribution in [3.63, 3.8) is 0 Å². The van der Waals surface area contributed by atoms with Gasteiger partial charge in [0.05, 0.1) is 11.6 Å². The molecule has 4 rings (SSSR count). The van der Waals surface area contributed by atoms with Crippen LogP contribution in [0.5, 0.6) is 0 Å². The molecule has 0 N–H and O–H groups in total. The Bertz CT molecular complexity index is 704. The number of amides is 1. The van der Waals surface area contributed by atoms with Crippen LogP contribution in [-0.2, 0) is 11.3 Å². The summed E-state index contributed by atoms with van der Waals surface area (Å²) in [5.41, 5.74) is 1.07. The molecule has 3 fully saturated rings. The van der Waals surface area contributed by atoms with Crippen molar-refractivity contribution >= 4 is 5.91 Å². The van der Waals surface area contributed by atoms with Crippen molar-refractivity contribution in [1.82, 2.24) is 19.6 Å². The van der Waals surface area contributed by atoms with Gasteiger partial charge in [0, 0.05) is 38.2 Å². The van der Waals surface area contributed by atoms with Crippen LogP contribution in [-0.4, -0.2) is 58.7 Å². The van der Waals surface area contributed by atoms with Crippen molar-refractivity contribution in [3.05, 3.63) is 28.2 Å². The average molecular weight is 358 g/mol. The highest BCUT2D eigenvalue weighted by Gasteiger charge is 2.31. The summed E-state index contributed by atoms with van der Waals surface area (Å²) >= 11 is 0. The Morgan fingerprint density at radius 3 is 2.58 bits per heavy atom. The second-order valence-electron chi connectivity index (χ2n) is 8.42. The first-order valence-corrected chi connectivity index (χ1v) is 10.2. The van der Waals surface area contributed by atoms with Crippen molar-refractivity contribution in [3.8, 4) is 0 Å². The molecular weight excluding hydrogens is 328 g/mol. The van der Waals surface area contributed by atoms with Gasteiger partial charge in [-0.15, -0.1) is 0 Å². The molecule has 1 saturated carbocycles. The molecule has 142 valence electrons. The molecule has 3 aliphatic rings. The molecule has 2 saturated heterocycles. The summed E-state index contributed by atoms with van der Waals surface area (Å²) in [6.45, 7) is 4.33. The normalized spacial score (nSPS) is 25.4. The molecule has 1 aromatic heterocycles. The molecule has 6 heteroatoms. The Morgan fingerprint density at radius 2 is 1.88 bits per heavy atom. The number of likely N-dealkylation sites (tertiary alicyclic amines) is 2. The topological polar surface area (TPSA) is 58.4 Å². The van der Waals surface area contributed by atoms with Crippen molar-refractivity contribution < 1.29 is 4.79 Å². The molecule has 0 spiro atoms. The highest BCUT2D eigenvalue weighted by molar-refractivity contribution is 5.79. The zero-order chi connectivity index (χ0) is 18.1. The molecular formula is C20H30N4O2. The first kappa shape index (κ1) is 17.7. The lowest BCUT2D eigenvalue weighted by Gasteiger charge is -2.37. The predicted molar refractivity (Wildman–Crippen MR) is 100.0 cm³/mol. The largest absolute Gasteiger partial charge is 0.342 e. The minimum absolute atomic E-state index is 0.00171. The van der Waals surface area contributed by atoms with Gasteiger partial charge in [0.2, 0.25) is 5.91 Å². The lowest BCUT2D eigenvalue weighted by atomic mass is 9.93. The average Bonchev–Trinajstić information content (AvgIpc) is 3.49. The fourth-order valence-corrected chi connectivity index (χ4v) is 4.40. The molecule has 2 aliphatic heterocycles. The summed E-state index contributed by atoms with van der Waals surface area (Å²) in [6, 6.07) is 3.55. The monoisotopic (exact) mass is 358 g/mol. The smallest absolute Gasteiger partial charge is 0.266 e. The molecule has 0 aromatic carbocycles. The van der Waals surface area contributed by atoms with Gasteiger partial charge < -0.3 is 9.80 Å². The van der Waals surface area contributed by atoms with Gasteiger partial charge in [-0.1, -0.05) is 0 Å². The number of hydrogen-bond donors (Lipinski definition) is 0. The van der Waals surface area contributed by atoms with Crippen LogP contribution in [0.1, 0.15) is 50.1 Å². The molecule has 1 aromatic rings. The molecule has 3 heterocycles. The van der Waals surface area contributed by atoms with E-state index in [4.69, 9.17) is 0 Å². The minimum atomic E-state index is -0.00171. The Morgan fingerprint density at radius 1 is 1.12 bits per heavy atom. The second kappa shape index (κ2) is 7.51. The first-order valence-electron chi connectivity index (χ1n) is 10.2. The summed E-state index contributed by atoms with van der Waals surface area (Å²) in [6.07, 6.45) is 6.47. The minimum Gasteiger partial charge on any atom is -0.342 e. The van der Waals surface area contributed by atoms with Crippen LogP contribution in [0.3, 0.4) is 0 Å². The number of aromatic nitrogens is 2. The van der Waals surface area contributed by atoms with Gasteiger partial charge in [-0.3, -0.25) is 9.59 Å². The van der Waals surface area contributed by atoms with Gasteiger partial charge in [-0.2, -0.15) is 5.10 Å². The van der Waals surface area contributed by atoms with Crippen LogP contribution in [0.15, 0.2) is 16.9 Å². The number of carbonyl (C=O) groups excluding carboxylic acids is 1. The number of hydrogen-bond acceptors (Lipinski definition) is 4. The van der Waals surface area contributed by atoms with Crippen molar-refractivity contribution in [2.75, 3.05) is 33.2 Å². The number of carbonyl (C=O) groups is 1. The van der Waals surface area contributed by atoms with E-state index in [9.17, 15) is 9.59 Å². The summed E-state index contributed by atoms with van der Waals surface area (Å²) in [5, 5.41) is 4.58. The third-order valence-electron chi connectivity index (χ3n) is 6.21. The van der Waals surface area contributed by atoms with Crippen molar-refractivity contribution in [1.29, 1.82) is 0 Å². The lowest BCUT2D eigenvalue weighted by molar-refractivity contribution is -0.138. The van der Waals surface area contributed by atoms with Crippen LogP contribution in [0.4, 0.5) is 0 Å². The van der Waals surface area contributed by atoms with E-state index in [0.717, 1.165) is 57.6 Å². The van der Waals surface area contributed by atoms with Crippen LogP contribution >= 0.6 is 0 Å². The van der Waals surface area contributed by atoms with Crippen LogP contribution in [0.2, 0.25) is 0 Å². The third-order valence-corrected chi connectivity index (χ3v) is 6.21. The van der Waals surface area contributed by atoms with E-state index in [0.29, 0.717) is 24.3 Å². The van der Waals surface area contributed by atoms with Crippen molar-refractivity contribution in [2.45, 2.75) is 51.0 Å². The molecule has 0 bridgehead atoms. The van der Waals surface area contributed by atoms with E-state index in [1.165, 1.54) is 12.8 Å². The second-order valence-corrected chi connectivity index (χ2v) is 8.42. The maximum absolute atomic E-state index is 12.8. The van der Waals surface area contributed by atoms with Gasteiger partial charge in [0.1, 0.15) is 0 Å². The SMILES string of the molecule is CN1CCCC(C(=O)N2CCC(Cn3nc(C4CC4)ccc3=O)CC2)C1. The fraction of sp³-hybridized carbons (Fsp3) is 0.750. The van der Waals surface area contributed by atoms with Crippen LogP contribution in [0.25, 0.3) is 0 Å². The number of rotatable bonds is 4. The highest BCUT2D eigenvalue weighted by atomic mass is 16.2. The Balaban J connectivity index is 1.32. The van der Waals surface area contributed by atoms with E-state index in [1.807, 2.05) is 6.07 Å². The Hall–Kier alpha value is -1.69. The maximum Gasteiger partial charge on any atom is 0.266 e. The summed E-state index contributed by atoms with van der Waals surface area (Å²) in [4.78, 5) is 29.2. The molecule has 1 unspecified atom stereocenters. The summed E-state index contributed by atoms with van der Waals surface area (Å²) < 4.78 is 1.66. The van der Waals surface area contributed by atoms with Gasteiger partial charge in [0.25, 0.3) is 5.56 Å². The van der Waals surface area contributed by atoms with E-state index in [2.05, 4.69) is 21.9 Å². The van der Waals surface area contributed by atoms with E-state index in [-0.39, 0.29) is 11.5 Å². The molecule has 1 amide bonds. The van der Waals surface area contributed by atoms with E-state index in [1.54, 1.807) is 10.7 Å². The zero-order valence-electron chi connectivity index (χ0n) is 15.8. The third kappa shape index (κ3) is 4.00. The van der Waals surface area contributed by atoms with Crippen LogP contribution in [0, 0.1) is 11.8 Å². The quantitative estimate of drug-likeness (QED) is 0.822.